The lowest BCUT2D eigenvalue weighted by molar-refractivity contribution is 0.137. The van der Waals surface area contributed by atoms with E-state index in [-0.39, 0.29) is 12.2 Å². The quantitative estimate of drug-likeness (QED) is 0.571. The Kier molecular flexibility index (Phi) is 6.35. The number of hydrogen-bond donors (Lipinski definition) is 1. The van der Waals surface area contributed by atoms with E-state index < -0.39 is 0 Å². The van der Waals surface area contributed by atoms with Crippen molar-refractivity contribution >= 4 is 28.5 Å². The molecule has 1 amide bonds. The molecule has 4 heterocycles. The van der Waals surface area contributed by atoms with Crippen LogP contribution in [0, 0.1) is 0 Å². The van der Waals surface area contributed by atoms with Gasteiger partial charge in [0.15, 0.2) is 0 Å². The Hall–Kier alpha value is -3.59. The van der Waals surface area contributed by atoms with Gasteiger partial charge in [0.2, 0.25) is 5.88 Å². The van der Waals surface area contributed by atoms with Crippen molar-refractivity contribution in [3.05, 3.63) is 48.7 Å². The van der Waals surface area contributed by atoms with Crippen LogP contribution in [-0.2, 0) is 4.74 Å². The Balaban J connectivity index is 1.15. The van der Waals surface area contributed by atoms with Crippen LogP contribution in [0.1, 0.15) is 12.8 Å². The summed E-state index contributed by atoms with van der Waals surface area (Å²) in [5, 5.41) is 3.60. The van der Waals surface area contributed by atoms with E-state index in [1.54, 1.807) is 19.1 Å². The molecule has 0 spiro atoms. The molecule has 1 aromatic carbocycles. The molecule has 1 N–H and O–H groups in total. The number of rotatable bonds is 7. The highest BCUT2D eigenvalue weighted by Crippen LogP contribution is 2.28. The van der Waals surface area contributed by atoms with E-state index in [4.69, 9.17) is 14.2 Å². The Morgan fingerprint density at radius 1 is 1.06 bits per heavy atom. The smallest absolute Gasteiger partial charge is 0.414 e. The Morgan fingerprint density at radius 3 is 2.59 bits per heavy atom. The standard InChI is InChI=1S/C25H29N5O4/c1-32-19-5-3-18(4-6-19)30-16-20(34-25(30)31)15-27-17-10-13-29(14-11-17)22-9-12-26-21-7-8-23(33-2)28-24(21)22/h3-9,12,17,20,27H,10-11,13-16H2,1-2H3/t20-/m1/s1. The first-order chi connectivity index (χ1) is 16.6. The molecule has 34 heavy (non-hydrogen) atoms. The number of nitrogens with one attached hydrogen (secondary N) is 1. The number of amides is 1. The molecule has 0 bridgehead atoms. The zero-order chi connectivity index (χ0) is 23.5. The van der Waals surface area contributed by atoms with E-state index in [0.717, 1.165) is 54.1 Å². The number of anilines is 2. The Bertz CT molecular complexity index is 1150. The lowest BCUT2D eigenvalue weighted by atomic mass is 10.0. The van der Waals surface area contributed by atoms with Crippen LogP contribution < -0.4 is 24.6 Å². The van der Waals surface area contributed by atoms with Crippen molar-refractivity contribution in [2.24, 2.45) is 0 Å². The van der Waals surface area contributed by atoms with Crippen LogP contribution in [-0.4, -0.2) is 68.6 Å². The lowest BCUT2D eigenvalue weighted by Gasteiger charge is -2.34. The van der Waals surface area contributed by atoms with Gasteiger partial charge < -0.3 is 24.4 Å². The van der Waals surface area contributed by atoms with Crippen molar-refractivity contribution in [1.82, 2.24) is 15.3 Å². The average molecular weight is 464 g/mol. The molecule has 3 aromatic rings. The van der Waals surface area contributed by atoms with Gasteiger partial charge in [0.25, 0.3) is 0 Å². The number of fused-ring (bicyclic) bond motifs is 1. The minimum absolute atomic E-state index is 0.173. The Morgan fingerprint density at radius 2 is 1.85 bits per heavy atom. The van der Waals surface area contributed by atoms with E-state index >= 15 is 0 Å². The van der Waals surface area contributed by atoms with E-state index in [1.807, 2.05) is 48.7 Å². The largest absolute Gasteiger partial charge is 0.497 e. The second-order valence-electron chi connectivity index (χ2n) is 8.54. The summed E-state index contributed by atoms with van der Waals surface area (Å²) in [5.74, 6) is 1.35. The lowest BCUT2D eigenvalue weighted by Crippen LogP contribution is -2.45. The van der Waals surface area contributed by atoms with Gasteiger partial charge in [0.05, 0.1) is 32.0 Å². The number of hydrogen-bond acceptors (Lipinski definition) is 8. The fourth-order valence-corrected chi connectivity index (χ4v) is 4.59. The molecule has 2 fully saturated rings. The third kappa shape index (κ3) is 4.56. The first-order valence-corrected chi connectivity index (χ1v) is 11.5. The van der Waals surface area contributed by atoms with E-state index in [9.17, 15) is 4.79 Å². The van der Waals surface area contributed by atoms with Gasteiger partial charge in [-0.3, -0.25) is 9.88 Å². The molecule has 2 aliphatic heterocycles. The van der Waals surface area contributed by atoms with Crippen LogP contribution in [0.25, 0.3) is 11.0 Å². The first-order valence-electron chi connectivity index (χ1n) is 11.5. The fourth-order valence-electron chi connectivity index (χ4n) is 4.59. The monoisotopic (exact) mass is 463 g/mol. The molecule has 1 atom stereocenters. The van der Waals surface area contributed by atoms with Crippen LogP contribution in [0.15, 0.2) is 48.7 Å². The van der Waals surface area contributed by atoms with Gasteiger partial charge in [-0.1, -0.05) is 0 Å². The SMILES string of the molecule is COc1ccc(N2C[C@@H](CNC3CCN(c4ccnc5ccc(OC)nc45)CC3)OC2=O)cc1. The van der Waals surface area contributed by atoms with Gasteiger partial charge >= 0.3 is 6.09 Å². The van der Waals surface area contributed by atoms with Gasteiger partial charge in [-0.05, 0) is 49.2 Å². The molecule has 5 rings (SSSR count). The highest BCUT2D eigenvalue weighted by atomic mass is 16.6. The zero-order valence-electron chi connectivity index (χ0n) is 19.4. The van der Waals surface area contributed by atoms with Gasteiger partial charge in [0, 0.05) is 43.6 Å². The number of aromatic nitrogens is 2. The summed E-state index contributed by atoms with van der Waals surface area (Å²) < 4.78 is 16.1. The van der Waals surface area contributed by atoms with Gasteiger partial charge in [-0.2, -0.15) is 0 Å². The van der Waals surface area contributed by atoms with E-state index in [1.165, 1.54) is 0 Å². The van der Waals surface area contributed by atoms with Gasteiger partial charge in [-0.15, -0.1) is 0 Å². The molecule has 0 unspecified atom stereocenters. The van der Waals surface area contributed by atoms with Crippen molar-refractivity contribution in [2.75, 3.05) is 50.2 Å². The number of benzene rings is 1. The molecular formula is C25H29N5O4. The fraction of sp³-hybridized carbons (Fsp3) is 0.400. The molecule has 0 aliphatic carbocycles. The summed E-state index contributed by atoms with van der Waals surface area (Å²) >= 11 is 0. The van der Waals surface area contributed by atoms with Crippen molar-refractivity contribution in [3.63, 3.8) is 0 Å². The number of ether oxygens (including phenoxy) is 3. The number of piperidine rings is 1. The van der Waals surface area contributed by atoms with Crippen LogP contribution in [0.4, 0.5) is 16.2 Å². The molecule has 2 aromatic heterocycles. The summed E-state index contributed by atoms with van der Waals surface area (Å²) in [5.41, 5.74) is 3.63. The highest BCUT2D eigenvalue weighted by Gasteiger charge is 2.33. The summed E-state index contributed by atoms with van der Waals surface area (Å²) in [4.78, 5) is 25.4. The predicted octanol–water partition coefficient (Wildman–Crippen LogP) is 3.23. The molecule has 0 radical (unpaired) electrons. The summed E-state index contributed by atoms with van der Waals surface area (Å²) in [6.07, 6.45) is 3.35. The molecule has 0 saturated carbocycles. The maximum atomic E-state index is 12.4. The zero-order valence-corrected chi connectivity index (χ0v) is 19.4. The average Bonchev–Trinajstić information content (AvgIpc) is 3.27. The molecule has 9 heteroatoms. The second-order valence-corrected chi connectivity index (χ2v) is 8.54. The number of nitrogens with zero attached hydrogens (tertiary/aromatic N) is 4. The number of cyclic esters (lactones) is 1. The van der Waals surface area contributed by atoms with Crippen LogP contribution in [0.2, 0.25) is 0 Å². The van der Waals surface area contributed by atoms with Crippen molar-refractivity contribution in [3.8, 4) is 11.6 Å². The van der Waals surface area contributed by atoms with Crippen molar-refractivity contribution in [2.45, 2.75) is 25.0 Å². The summed E-state index contributed by atoms with van der Waals surface area (Å²) in [6.45, 7) is 3.00. The van der Waals surface area contributed by atoms with Crippen molar-refractivity contribution in [1.29, 1.82) is 0 Å². The van der Waals surface area contributed by atoms with E-state index in [2.05, 4.69) is 20.2 Å². The van der Waals surface area contributed by atoms with Crippen LogP contribution in [0.3, 0.4) is 0 Å². The number of methoxy groups -OCH3 is 2. The molecule has 178 valence electrons. The van der Waals surface area contributed by atoms with Gasteiger partial charge in [-0.25, -0.2) is 9.78 Å². The first kappa shape index (κ1) is 22.2. The minimum atomic E-state index is -0.306. The number of carbonyl (C=O) groups excluding carboxylic acids is 1. The third-order valence-electron chi connectivity index (χ3n) is 6.47. The topological polar surface area (TPSA) is 89.1 Å². The summed E-state index contributed by atoms with van der Waals surface area (Å²) in [6, 6.07) is 13.6. The highest BCUT2D eigenvalue weighted by molar-refractivity contribution is 5.90. The molecule has 2 saturated heterocycles. The normalized spacial score (nSPS) is 18.9. The number of pyridine rings is 2. The van der Waals surface area contributed by atoms with E-state index in [0.29, 0.717) is 25.0 Å². The van der Waals surface area contributed by atoms with Crippen molar-refractivity contribution < 1.29 is 19.0 Å². The minimum Gasteiger partial charge on any atom is -0.497 e. The van der Waals surface area contributed by atoms with Crippen LogP contribution in [0.5, 0.6) is 11.6 Å². The van der Waals surface area contributed by atoms with Crippen LogP contribution >= 0.6 is 0 Å². The third-order valence-corrected chi connectivity index (χ3v) is 6.47. The second kappa shape index (κ2) is 9.72. The molecule has 9 nitrogen and oxygen atoms in total. The summed E-state index contributed by atoms with van der Waals surface area (Å²) in [7, 11) is 3.25. The predicted molar refractivity (Wildman–Crippen MR) is 130 cm³/mol. The number of carbonyl (C=O) groups is 1. The molecule has 2 aliphatic rings. The maximum Gasteiger partial charge on any atom is 0.414 e. The Labute approximate surface area is 198 Å². The van der Waals surface area contributed by atoms with Gasteiger partial charge in [0.1, 0.15) is 17.4 Å². The maximum absolute atomic E-state index is 12.4. The molecular weight excluding hydrogens is 434 g/mol.